The minimum atomic E-state index is -0.139. The zero-order chi connectivity index (χ0) is 12.3. The molecule has 1 aliphatic carbocycles. The number of hydrogen-bond donors (Lipinski definition) is 2. The van der Waals surface area contributed by atoms with E-state index in [0.29, 0.717) is 21.6 Å². The third kappa shape index (κ3) is 3.04. The molecule has 1 aromatic heterocycles. The molecule has 0 radical (unpaired) electrons. The Morgan fingerprint density at radius 2 is 2.47 bits per heavy atom. The number of nitrogens with zero attached hydrogens (tertiary/aromatic N) is 1. The predicted octanol–water partition coefficient (Wildman–Crippen LogP) is 2.62. The molecule has 1 aromatic rings. The van der Waals surface area contributed by atoms with Crippen molar-refractivity contribution in [1.82, 2.24) is 9.97 Å². The maximum atomic E-state index is 11.4. The molecule has 1 heterocycles. The Balaban J connectivity index is 2.09. The van der Waals surface area contributed by atoms with Gasteiger partial charge >= 0.3 is 0 Å². The first kappa shape index (κ1) is 13.0. The number of halogens is 1. The molecule has 0 amide bonds. The van der Waals surface area contributed by atoms with Crippen molar-refractivity contribution >= 4 is 33.5 Å². The van der Waals surface area contributed by atoms with E-state index in [4.69, 9.17) is 0 Å². The van der Waals surface area contributed by atoms with E-state index in [1.165, 1.54) is 19.2 Å². The Kier molecular flexibility index (Phi) is 4.50. The highest BCUT2D eigenvalue weighted by Gasteiger charge is 2.27. The highest BCUT2D eigenvalue weighted by Crippen LogP contribution is 2.32. The molecule has 0 aromatic carbocycles. The van der Waals surface area contributed by atoms with Gasteiger partial charge in [0, 0.05) is 11.3 Å². The molecule has 0 spiro atoms. The van der Waals surface area contributed by atoms with Crippen LogP contribution < -0.4 is 10.9 Å². The Morgan fingerprint density at radius 3 is 3.24 bits per heavy atom. The largest absolute Gasteiger partial charge is 0.365 e. The van der Waals surface area contributed by atoms with E-state index >= 15 is 0 Å². The standard InChI is InChI=1S/C11H16BrN3OS/c1-2-17-8-5-3-4-7(8)15-10-9(12)11(16)14-6-13-10/h6-8H,2-5H2,1H3,(H2,13,14,15,16). The van der Waals surface area contributed by atoms with Crippen molar-refractivity contribution in [3.05, 3.63) is 21.2 Å². The lowest BCUT2D eigenvalue weighted by molar-refractivity contribution is 0.760. The molecule has 2 rings (SSSR count). The zero-order valence-electron chi connectivity index (χ0n) is 9.70. The molecule has 0 bridgehead atoms. The molecule has 0 saturated heterocycles. The maximum absolute atomic E-state index is 11.4. The van der Waals surface area contributed by atoms with E-state index in [1.54, 1.807) is 0 Å². The average molecular weight is 318 g/mol. The molecule has 1 fully saturated rings. The molecule has 6 heteroatoms. The first-order valence-corrected chi connectivity index (χ1v) is 7.68. The van der Waals surface area contributed by atoms with Crippen LogP contribution >= 0.6 is 27.7 Å². The van der Waals surface area contributed by atoms with Crippen LogP contribution in [0.3, 0.4) is 0 Å². The topological polar surface area (TPSA) is 57.8 Å². The minimum Gasteiger partial charge on any atom is -0.365 e. The third-order valence-electron chi connectivity index (χ3n) is 2.95. The molecular formula is C11H16BrN3OS. The number of thioether (sulfide) groups is 1. The summed E-state index contributed by atoms with van der Waals surface area (Å²) in [5.41, 5.74) is -0.139. The van der Waals surface area contributed by atoms with Gasteiger partial charge in [-0.25, -0.2) is 4.98 Å². The first-order chi connectivity index (χ1) is 8.22. The fourth-order valence-electron chi connectivity index (χ4n) is 2.16. The third-order valence-corrected chi connectivity index (χ3v) is 5.01. The molecule has 4 nitrogen and oxygen atoms in total. The van der Waals surface area contributed by atoms with E-state index in [0.717, 1.165) is 12.2 Å². The van der Waals surface area contributed by atoms with Crippen LogP contribution in [-0.2, 0) is 0 Å². The van der Waals surface area contributed by atoms with Gasteiger partial charge in [-0.3, -0.25) is 4.79 Å². The predicted molar refractivity (Wildman–Crippen MR) is 75.7 cm³/mol. The molecule has 94 valence electrons. The fourth-order valence-corrected chi connectivity index (χ4v) is 3.69. The van der Waals surface area contributed by atoms with Crippen LogP contribution in [0.2, 0.25) is 0 Å². The number of H-pyrrole nitrogens is 1. The second-order valence-corrected chi connectivity index (χ2v) is 6.38. The SMILES string of the molecule is CCSC1CCCC1Nc1nc[nH]c(=O)c1Br. The van der Waals surface area contributed by atoms with Crippen molar-refractivity contribution in [2.45, 2.75) is 37.5 Å². The molecule has 0 aliphatic heterocycles. The summed E-state index contributed by atoms with van der Waals surface area (Å²) in [6, 6.07) is 0.422. The number of nitrogens with one attached hydrogen (secondary N) is 2. The fraction of sp³-hybridized carbons (Fsp3) is 0.636. The van der Waals surface area contributed by atoms with E-state index in [1.807, 2.05) is 11.8 Å². The summed E-state index contributed by atoms with van der Waals surface area (Å²) in [6.45, 7) is 2.18. The summed E-state index contributed by atoms with van der Waals surface area (Å²) >= 11 is 5.26. The van der Waals surface area contributed by atoms with E-state index < -0.39 is 0 Å². The number of aromatic nitrogens is 2. The number of aromatic amines is 1. The highest BCUT2D eigenvalue weighted by atomic mass is 79.9. The van der Waals surface area contributed by atoms with Gasteiger partial charge in [-0.05, 0) is 34.5 Å². The molecule has 1 saturated carbocycles. The molecule has 2 N–H and O–H groups in total. The lowest BCUT2D eigenvalue weighted by Crippen LogP contribution is -2.28. The van der Waals surface area contributed by atoms with Gasteiger partial charge in [0.2, 0.25) is 0 Å². The lowest BCUT2D eigenvalue weighted by Gasteiger charge is -2.20. The van der Waals surface area contributed by atoms with Gasteiger partial charge in [-0.2, -0.15) is 11.8 Å². The average Bonchev–Trinajstić information content (AvgIpc) is 2.73. The van der Waals surface area contributed by atoms with E-state index in [-0.39, 0.29) is 5.56 Å². The summed E-state index contributed by atoms with van der Waals surface area (Å²) in [5.74, 6) is 1.79. The number of hydrogen-bond acceptors (Lipinski definition) is 4. The quantitative estimate of drug-likeness (QED) is 0.896. The summed E-state index contributed by atoms with van der Waals surface area (Å²) in [5, 5.41) is 4.02. The molecule has 2 unspecified atom stereocenters. The number of rotatable bonds is 4. The van der Waals surface area contributed by atoms with Crippen molar-refractivity contribution in [1.29, 1.82) is 0 Å². The van der Waals surface area contributed by atoms with Crippen LogP contribution in [0.15, 0.2) is 15.6 Å². The Hall–Kier alpha value is -0.490. The van der Waals surface area contributed by atoms with Gasteiger partial charge in [-0.1, -0.05) is 13.3 Å². The van der Waals surface area contributed by atoms with Crippen LogP contribution in [0.5, 0.6) is 0 Å². The van der Waals surface area contributed by atoms with Crippen LogP contribution in [0.1, 0.15) is 26.2 Å². The minimum absolute atomic E-state index is 0.139. The summed E-state index contributed by atoms with van der Waals surface area (Å²) < 4.78 is 0.493. The summed E-state index contributed by atoms with van der Waals surface area (Å²) in [4.78, 5) is 18.2. The van der Waals surface area contributed by atoms with E-state index in [9.17, 15) is 4.79 Å². The molecule has 17 heavy (non-hydrogen) atoms. The molecular weight excluding hydrogens is 302 g/mol. The smallest absolute Gasteiger partial charge is 0.267 e. The van der Waals surface area contributed by atoms with Crippen molar-refractivity contribution in [3.8, 4) is 0 Å². The second kappa shape index (κ2) is 5.91. The van der Waals surface area contributed by atoms with Gasteiger partial charge in [0.1, 0.15) is 10.3 Å². The monoisotopic (exact) mass is 317 g/mol. The van der Waals surface area contributed by atoms with Crippen molar-refractivity contribution < 1.29 is 0 Å². The van der Waals surface area contributed by atoms with E-state index in [2.05, 4.69) is 38.1 Å². The van der Waals surface area contributed by atoms with Gasteiger partial charge in [0.05, 0.1) is 6.33 Å². The Labute approximate surface area is 113 Å². The molecule has 1 aliphatic rings. The zero-order valence-corrected chi connectivity index (χ0v) is 12.1. The van der Waals surface area contributed by atoms with Crippen LogP contribution in [0.25, 0.3) is 0 Å². The van der Waals surface area contributed by atoms with Crippen molar-refractivity contribution in [3.63, 3.8) is 0 Å². The summed E-state index contributed by atoms with van der Waals surface area (Å²) in [6.07, 6.45) is 5.08. The van der Waals surface area contributed by atoms with Gasteiger partial charge in [-0.15, -0.1) is 0 Å². The van der Waals surface area contributed by atoms with Crippen LogP contribution in [0, 0.1) is 0 Å². The molecule has 2 atom stereocenters. The number of anilines is 1. The summed E-state index contributed by atoms with van der Waals surface area (Å²) in [7, 11) is 0. The first-order valence-electron chi connectivity index (χ1n) is 5.83. The van der Waals surface area contributed by atoms with Crippen LogP contribution in [-0.4, -0.2) is 27.0 Å². The normalized spacial score (nSPS) is 23.9. The second-order valence-electron chi connectivity index (χ2n) is 4.07. The maximum Gasteiger partial charge on any atom is 0.267 e. The lowest BCUT2D eigenvalue weighted by atomic mass is 10.2. The van der Waals surface area contributed by atoms with Gasteiger partial charge in [0.15, 0.2) is 0 Å². The van der Waals surface area contributed by atoms with Crippen LogP contribution in [0.4, 0.5) is 5.82 Å². The Morgan fingerprint density at radius 1 is 1.65 bits per heavy atom. The van der Waals surface area contributed by atoms with Gasteiger partial charge < -0.3 is 10.3 Å². The van der Waals surface area contributed by atoms with Crippen molar-refractivity contribution in [2.24, 2.45) is 0 Å². The van der Waals surface area contributed by atoms with Crippen molar-refractivity contribution in [2.75, 3.05) is 11.1 Å². The highest BCUT2D eigenvalue weighted by molar-refractivity contribution is 9.10. The van der Waals surface area contributed by atoms with Gasteiger partial charge in [0.25, 0.3) is 5.56 Å². The Bertz CT molecular complexity index is 437.